The molecule has 100 valence electrons. The van der Waals surface area contributed by atoms with Gasteiger partial charge in [0.05, 0.1) is 0 Å². The molecule has 0 unspecified atom stereocenters. The van der Waals surface area contributed by atoms with Crippen LogP contribution in [0.1, 0.15) is 27.7 Å². The third-order valence-corrected chi connectivity index (χ3v) is 8.82. The van der Waals surface area contributed by atoms with Crippen molar-refractivity contribution in [2.45, 2.75) is 38.9 Å². The van der Waals surface area contributed by atoms with Crippen molar-refractivity contribution in [1.82, 2.24) is 0 Å². The van der Waals surface area contributed by atoms with E-state index in [0.717, 1.165) is 0 Å². The monoisotopic (exact) mass is 388 g/mol. The Labute approximate surface area is 126 Å². The van der Waals surface area contributed by atoms with Gasteiger partial charge in [-0.2, -0.15) is 0 Å². The first kappa shape index (κ1) is 13.9. The number of rotatable bonds is 2. The maximum atomic E-state index is 6.12. The van der Waals surface area contributed by atoms with E-state index in [9.17, 15) is 0 Å². The fourth-order valence-corrected chi connectivity index (χ4v) is 6.18. The quantitative estimate of drug-likeness (QED) is 0.733. The van der Waals surface area contributed by atoms with Gasteiger partial charge in [-0.05, 0) is 0 Å². The Bertz CT molecular complexity index is 556. The van der Waals surface area contributed by atoms with Crippen molar-refractivity contribution in [2.75, 3.05) is 0 Å². The molecule has 1 fully saturated rings. The van der Waals surface area contributed by atoms with Crippen LogP contribution in [0.15, 0.2) is 29.2 Å². The second-order valence-corrected chi connectivity index (χ2v) is 10.1. The van der Waals surface area contributed by atoms with Crippen LogP contribution >= 0.6 is 0 Å². The van der Waals surface area contributed by atoms with Gasteiger partial charge in [0.25, 0.3) is 0 Å². The molecule has 0 aliphatic carbocycles. The van der Waals surface area contributed by atoms with Gasteiger partial charge in [0, 0.05) is 0 Å². The summed E-state index contributed by atoms with van der Waals surface area (Å²) in [6.45, 7) is 8.43. The minimum atomic E-state index is -0.241. The molecule has 1 aliphatic heterocycles. The van der Waals surface area contributed by atoms with Gasteiger partial charge in [-0.1, -0.05) is 0 Å². The van der Waals surface area contributed by atoms with Gasteiger partial charge in [-0.3, -0.25) is 0 Å². The first-order valence-corrected chi connectivity index (χ1v) is 9.94. The van der Waals surface area contributed by atoms with Gasteiger partial charge >= 0.3 is 127 Å². The minimum absolute atomic E-state index is 0.166. The van der Waals surface area contributed by atoms with Gasteiger partial charge < -0.3 is 0 Å². The Morgan fingerprint density at radius 2 is 1.63 bits per heavy atom. The molecule has 2 nitrogen and oxygen atoms in total. The van der Waals surface area contributed by atoms with Gasteiger partial charge in [0.2, 0.25) is 0 Å². The Kier molecular flexibility index (Phi) is 3.50. The fourth-order valence-electron chi connectivity index (χ4n) is 1.99. The van der Waals surface area contributed by atoms with Crippen molar-refractivity contribution in [3.63, 3.8) is 0 Å². The van der Waals surface area contributed by atoms with Crippen LogP contribution in [-0.4, -0.2) is 47.3 Å². The maximum absolute atomic E-state index is 6.12. The Balaban J connectivity index is 1.85. The second kappa shape index (κ2) is 4.77. The summed E-state index contributed by atoms with van der Waals surface area (Å²) in [4.78, 5) is 2.27. The van der Waals surface area contributed by atoms with Crippen molar-refractivity contribution >= 4 is 40.5 Å². The van der Waals surface area contributed by atoms with E-state index in [1.54, 1.807) is 0 Å². The molecule has 5 heteroatoms. The first-order chi connectivity index (χ1) is 8.89. The third kappa shape index (κ3) is 2.49. The molecule has 1 saturated heterocycles. The molecule has 2 aromatic heterocycles. The standard InChI is InChI=1S/C14H17BO2Se2/c1-13(2)14(3,4)17-15(16-13)12-8-7-11(19-12)10-6-5-9-18-10/h5-9H,1-4H3. The van der Waals surface area contributed by atoms with Crippen LogP contribution in [0.25, 0.3) is 8.87 Å². The molecule has 1 aliphatic rings. The van der Waals surface area contributed by atoms with Crippen molar-refractivity contribution in [3.05, 3.63) is 29.2 Å². The SMILES string of the molecule is CC1(C)OB(c2ccc(-c3ccc[se]3)[se]2)OC1(C)C. The van der Waals surface area contributed by atoms with Crippen molar-refractivity contribution in [2.24, 2.45) is 0 Å². The van der Waals surface area contributed by atoms with Gasteiger partial charge in [-0.15, -0.1) is 0 Å². The van der Waals surface area contributed by atoms with Crippen LogP contribution in [0.5, 0.6) is 0 Å². The average molecular weight is 386 g/mol. The summed E-state index contributed by atoms with van der Waals surface area (Å²) in [6, 6.07) is 8.86. The first-order valence-electron chi connectivity index (χ1n) is 6.38. The van der Waals surface area contributed by atoms with Crippen LogP contribution in [0.4, 0.5) is 0 Å². The molecule has 0 N–H and O–H groups in total. The zero-order valence-electron chi connectivity index (χ0n) is 11.6. The summed E-state index contributed by atoms with van der Waals surface area (Å²) in [5.41, 5.74) is -0.481. The van der Waals surface area contributed by atoms with Crippen LogP contribution in [0, 0.1) is 0 Å². The Hall–Kier alpha value is -0.0161. The molecular weight excluding hydrogens is 369 g/mol. The summed E-state index contributed by atoms with van der Waals surface area (Å²) >= 11 is 0.869. The van der Waals surface area contributed by atoms with E-state index in [2.05, 4.69) is 56.9 Å². The molecule has 0 radical (unpaired) electrons. The molecule has 0 atom stereocenters. The van der Waals surface area contributed by atoms with E-state index in [-0.39, 0.29) is 18.3 Å². The van der Waals surface area contributed by atoms with Gasteiger partial charge in [-0.25, -0.2) is 0 Å². The van der Waals surface area contributed by atoms with E-state index < -0.39 is 0 Å². The fraction of sp³-hybridized carbons (Fsp3) is 0.429. The van der Waals surface area contributed by atoms with Crippen LogP contribution < -0.4 is 4.34 Å². The summed E-state index contributed by atoms with van der Waals surface area (Å²) in [6.07, 6.45) is 0. The van der Waals surface area contributed by atoms with Gasteiger partial charge in [0.1, 0.15) is 0 Å². The zero-order valence-corrected chi connectivity index (χ0v) is 15.0. The molecule has 0 bridgehead atoms. The summed E-state index contributed by atoms with van der Waals surface area (Å²) in [5.74, 6) is 0. The second-order valence-electron chi connectivity index (χ2n) is 5.77. The Morgan fingerprint density at radius 1 is 0.947 bits per heavy atom. The molecule has 0 amide bonds. The summed E-state index contributed by atoms with van der Waals surface area (Å²) in [5, 5.41) is 0. The van der Waals surface area contributed by atoms with Crippen LogP contribution in [-0.2, 0) is 9.31 Å². The van der Waals surface area contributed by atoms with Crippen molar-refractivity contribution in [1.29, 1.82) is 0 Å². The molecule has 0 saturated carbocycles. The zero-order chi connectivity index (χ0) is 13.7. The number of hydrogen-bond donors (Lipinski definition) is 0. The predicted molar refractivity (Wildman–Crippen MR) is 81.5 cm³/mol. The summed E-state index contributed by atoms with van der Waals surface area (Å²) in [7, 11) is -0.166. The molecule has 3 rings (SSSR count). The Morgan fingerprint density at radius 3 is 2.21 bits per heavy atom. The van der Waals surface area contributed by atoms with Crippen molar-refractivity contribution < 1.29 is 9.31 Å². The molecule has 2 aromatic rings. The number of hydrogen-bond acceptors (Lipinski definition) is 2. The van der Waals surface area contributed by atoms with E-state index in [0.29, 0.717) is 29.0 Å². The predicted octanol–water partition coefficient (Wildman–Crippen LogP) is 1.77. The van der Waals surface area contributed by atoms with E-state index >= 15 is 0 Å². The van der Waals surface area contributed by atoms with Gasteiger partial charge in [0.15, 0.2) is 0 Å². The van der Waals surface area contributed by atoms with E-state index in [1.807, 2.05) is 0 Å². The summed E-state index contributed by atoms with van der Waals surface area (Å²) < 4.78 is 16.5. The molecule has 0 aromatic carbocycles. The molecule has 19 heavy (non-hydrogen) atoms. The average Bonchev–Trinajstić information content (AvgIpc) is 3.00. The van der Waals surface area contributed by atoms with Crippen molar-refractivity contribution in [3.8, 4) is 8.87 Å². The van der Waals surface area contributed by atoms with E-state index in [4.69, 9.17) is 9.31 Å². The van der Waals surface area contributed by atoms with Crippen LogP contribution in [0.3, 0.4) is 0 Å². The molecule has 3 heterocycles. The third-order valence-electron chi connectivity index (χ3n) is 3.88. The normalized spacial score (nSPS) is 20.9. The molecule has 0 spiro atoms. The topological polar surface area (TPSA) is 18.5 Å². The van der Waals surface area contributed by atoms with E-state index in [1.165, 1.54) is 13.2 Å². The molecular formula is C14H17BO2Se2. The van der Waals surface area contributed by atoms with Crippen LogP contribution in [0.2, 0.25) is 0 Å².